The number of thiol groups is 1. The fraction of sp³-hybridized carbons (Fsp3) is 0.200. The highest BCUT2D eigenvalue weighted by Gasteiger charge is 2.01. The van der Waals surface area contributed by atoms with Crippen molar-refractivity contribution in [2.45, 2.75) is 24.8 Å². The summed E-state index contributed by atoms with van der Waals surface area (Å²) in [6.07, 6.45) is 6.22. The first-order valence-corrected chi connectivity index (χ1v) is 11.3. The van der Waals surface area contributed by atoms with E-state index in [1.54, 1.807) is 30.9 Å². The number of hydrogen-bond acceptors (Lipinski definition) is 8. The van der Waals surface area contributed by atoms with E-state index in [9.17, 15) is 0 Å². The molecular formula is C25H35ClN8S. The largest absolute Gasteiger partial charge is 0.387 e. The maximum Gasteiger partial charge on any atom is 0.0991 e. The monoisotopic (exact) mass is 514 g/mol. The minimum Gasteiger partial charge on any atom is -0.387 e. The molecule has 8 nitrogen and oxygen atoms in total. The minimum atomic E-state index is 0.605. The van der Waals surface area contributed by atoms with Gasteiger partial charge >= 0.3 is 0 Å². The van der Waals surface area contributed by atoms with Crippen LogP contribution in [0.2, 0.25) is 5.02 Å². The molecule has 1 heterocycles. The quantitative estimate of drug-likeness (QED) is 0.0994. The molecule has 0 radical (unpaired) electrons. The lowest BCUT2D eigenvalue weighted by atomic mass is 10.1. The van der Waals surface area contributed by atoms with Crippen molar-refractivity contribution in [2.24, 2.45) is 5.73 Å². The van der Waals surface area contributed by atoms with Gasteiger partial charge < -0.3 is 32.2 Å². The molecule has 1 aromatic heterocycles. The Morgan fingerprint density at radius 3 is 2.29 bits per heavy atom. The fourth-order valence-electron chi connectivity index (χ4n) is 2.26. The smallest absolute Gasteiger partial charge is 0.0991 e. The van der Waals surface area contributed by atoms with Gasteiger partial charge in [-0.2, -0.15) is 5.26 Å². The van der Waals surface area contributed by atoms with Gasteiger partial charge in [0.2, 0.25) is 0 Å². The molecule has 10 heteroatoms. The van der Waals surface area contributed by atoms with Gasteiger partial charge in [0.15, 0.2) is 0 Å². The molecule has 3 aromatic rings. The molecule has 0 unspecified atom stereocenters. The fourth-order valence-corrected chi connectivity index (χ4v) is 2.59. The Hall–Kier alpha value is -3.42. The predicted molar refractivity (Wildman–Crippen MR) is 152 cm³/mol. The molecule has 0 aliphatic heterocycles. The number of nitrogens with two attached hydrogens (primary N) is 1. The van der Waals surface area contributed by atoms with Crippen molar-refractivity contribution in [3.8, 4) is 17.3 Å². The summed E-state index contributed by atoms with van der Waals surface area (Å²) in [5.74, 6) is 0. The average Bonchev–Trinajstić information content (AvgIpc) is 3.46. The van der Waals surface area contributed by atoms with Crippen molar-refractivity contribution in [2.75, 3.05) is 13.2 Å². The summed E-state index contributed by atoms with van der Waals surface area (Å²) in [6, 6.07) is 15.2. The van der Waals surface area contributed by atoms with Gasteiger partial charge in [-0.25, -0.2) is 4.98 Å². The molecule has 35 heavy (non-hydrogen) atoms. The van der Waals surface area contributed by atoms with Gasteiger partial charge in [0.25, 0.3) is 0 Å². The standard InChI is InChI=1S/C10H10N2.C9H7ClN2S.C4H12N2.2CH3N/c1-2-12-8-10-5-3-9(7-11)4-6-10;10-7-2-1-6(3-9(7)13)8-4-11-5-12-8;1-2-3-6-4-5;2*1-2/h2-6,12H,1,8H2;1-5,13H,(H,11,12);6H,2-5H2,1H3;2*2H,1H2. The van der Waals surface area contributed by atoms with Crippen LogP contribution < -0.4 is 16.4 Å². The van der Waals surface area contributed by atoms with Crippen molar-refractivity contribution in [1.29, 1.82) is 16.1 Å². The molecule has 0 amide bonds. The van der Waals surface area contributed by atoms with Crippen molar-refractivity contribution >= 4 is 37.7 Å². The molecule has 0 saturated heterocycles. The van der Waals surface area contributed by atoms with Crippen molar-refractivity contribution < 1.29 is 0 Å². The van der Waals surface area contributed by atoms with Crippen LogP contribution >= 0.6 is 24.2 Å². The number of nitrogens with zero attached hydrogens (tertiary/aromatic N) is 2. The first-order chi connectivity index (χ1) is 17.0. The van der Waals surface area contributed by atoms with Gasteiger partial charge in [0, 0.05) is 23.7 Å². The predicted octanol–water partition coefficient (Wildman–Crippen LogP) is 5.24. The Labute approximate surface area is 219 Å². The number of nitriles is 1. The molecule has 0 aliphatic carbocycles. The van der Waals surface area contributed by atoms with Crippen molar-refractivity contribution in [3.05, 3.63) is 83.9 Å². The first kappa shape index (κ1) is 33.8. The van der Waals surface area contributed by atoms with E-state index in [2.05, 4.69) is 66.2 Å². The lowest BCUT2D eigenvalue weighted by molar-refractivity contribution is 0.689. The van der Waals surface area contributed by atoms with E-state index in [-0.39, 0.29) is 0 Å². The van der Waals surface area contributed by atoms with Crippen LogP contribution in [0.4, 0.5) is 0 Å². The summed E-state index contributed by atoms with van der Waals surface area (Å²) in [6.45, 7) is 13.1. The third kappa shape index (κ3) is 15.9. The second kappa shape index (κ2) is 23.7. The number of aromatic amines is 1. The van der Waals surface area contributed by atoms with Crippen LogP contribution in [0.1, 0.15) is 24.5 Å². The van der Waals surface area contributed by atoms with E-state index in [0.29, 0.717) is 17.3 Å². The number of halogens is 1. The van der Waals surface area contributed by atoms with E-state index in [4.69, 9.17) is 33.4 Å². The normalized spacial score (nSPS) is 8.54. The third-order valence-corrected chi connectivity index (χ3v) is 4.69. The van der Waals surface area contributed by atoms with E-state index in [1.165, 1.54) is 0 Å². The van der Waals surface area contributed by atoms with Gasteiger partial charge in [-0.3, -0.25) is 0 Å². The molecular weight excluding hydrogens is 480 g/mol. The maximum absolute atomic E-state index is 8.52. The summed E-state index contributed by atoms with van der Waals surface area (Å²) in [4.78, 5) is 7.72. The Balaban J connectivity index is 0. The van der Waals surface area contributed by atoms with Crippen LogP contribution in [-0.2, 0) is 6.54 Å². The van der Waals surface area contributed by atoms with Crippen LogP contribution in [0.5, 0.6) is 0 Å². The van der Waals surface area contributed by atoms with E-state index < -0.39 is 0 Å². The van der Waals surface area contributed by atoms with Crippen LogP contribution in [0, 0.1) is 22.1 Å². The minimum absolute atomic E-state index is 0.605. The molecule has 3 rings (SSSR count). The second-order valence-electron chi connectivity index (χ2n) is 6.23. The Bertz CT molecular complexity index is 951. The Morgan fingerprint density at radius 2 is 1.86 bits per heavy atom. The van der Waals surface area contributed by atoms with Gasteiger partial charge in [-0.05, 0) is 62.4 Å². The van der Waals surface area contributed by atoms with Gasteiger partial charge in [0.1, 0.15) is 0 Å². The number of imidazole rings is 1. The molecule has 188 valence electrons. The van der Waals surface area contributed by atoms with Crippen LogP contribution in [0.15, 0.2) is 72.7 Å². The van der Waals surface area contributed by atoms with Gasteiger partial charge in [0.05, 0.1) is 34.9 Å². The van der Waals surface area contributed by atoms with Crippen molar-refractivity contribution in [1.82, 2.24) is 20.6 Å². The zero-order valence-corrected chi connectivity index (χ0v) is 21.7. The van der Waals surface area contributed by atoms with E-state index in [1.807, 2.05) is 30.3 Å². The number of H-pyrrole nitrogens is 1. The highest BCUT2D eigenvalue weighted by molar-refractivity contribution is 7.80. The van der Waals surface area contributed by atoms with E-state index >= 15 is 0 Å². The number of rotatable bonds is 7. The zero-order valence-electron chi connectivity index (χ0n) is 20.0. The average molecular weight is 515 g/mol. The van der Waals surface area contributed by atoms with Crippen LogP contribution in [0.25, 0.3) is 11.3 Å². The number of aromatic nitrogens is 2. The molecule has 7 N–H and O–H groups in total. The lowest BCUT2D eigenvalue weighted by Gasteiger charge is -2.00. The van der Waals surface area contributed by atoms with Gasteiger partial charge in [-0.1, -0.05) is 43.3 Å². The lowest BCUT2D eigenvalue weighted by Crippen LogP contribution is -2.22. The molecule has 2 aromatic carbocycles. The first-order valence-electron chi connectivity index (χ1n) is 10.5. The Kier molecular flexibility index (Phi) is 22.9. The highest BCUT2D eigenvalue weighted by atomic mass is 35.5. The highest BCUT2D eigenvalue weighted by Crippen LogP contribution is 2.25. The molecule has 0 atom stereocenters. The third-order valence-electron chi connectivity index (χ3n) is 3.86. The molecule has 0 saturated carbocycles. The second-order valence-corrected chi connectivity index (χ2v) is 7.12. The van der Waals surface area contributed by atoms with Crippen LogP contribution in [0.3, 0.4) is 0 Å². The SMILES string of the molecule is C=CNCc1ccc(C#N)cc1.C=N.C=N.CCCNCN.Sc1cc(-c2cnc[nH]2)ccc1Cl. The van der Waals surface area contributed by atoms with Crippen molar-refractivity contribution in [3.63, 3.8) is 0 Å². The summed E-state index contributed by atoms with van der Waals surface area (Å²) < 4.78 is 0. The summed E-state index contributed by atoms with van der Waals surface area (Å²) in [5, 5.41) is 26.1. The van der Waals surface area contributed by atoms with Crippen LogP contribution in [-0.4, -0.2) is 36.6 Å². The summed E-state index contributed by atoms with van der Waals surface area (Å²) in [7, 11) is 0. The number of benzene rings is 2. The molecule has 0 fully saturated rings. The van der Waals surface area contributed by atoms with E-state index in [0.717, 1.165) is 41.2 Å². The molecule has 0 bridgehead atoms. The topological polar surface area (TPSA) is 150 Å². The summed E-state index contributed by atoms with van der Waals surface area (Å²) >= 11 is 10.1. The van der Waals surface area contributed by atoms with Gasteiger partial charge in [-0.15, -0.1) is 12.6 Å². The number of hydrogen-bond donors (Lipinski definition) is 7. The Morgan fingerprint density at radius 1 is 1.20 bits per heavy atom. The summed E-state index contributed by atoms with van der Waals surface area (Å²) in [5.41, 5.74) is 8.94. The zero-order chi connectivity index (χ0) is 26.9. The molecule has 0 aliphatic rings. The number of nitrogens with one attached hydrogen (secondary N) is 5. The molecule has 0 spiro atoms. The maximum atomic E-state index is 8.52.